The second-order valence-electron chi connectivity index (χ2n) is 5.56. The number of carbonyl (C=O) groups is 1. The van der Waals surface area contributed by atoms with Gasteiger partial charge in [-0.2, -0.15) is 48.3 Å². The topological polar surface area (TPSA) is 46.5 Å². The molecule has 0 spiro atoms. The summed E-state index contributed by atoms with van der Waals surface area (Å²) >= 11 is 0. The fraction of sp³-hybridized carbons (Fsp3) is 0.400. The van der Waals surface area contributed by atoms with E-state index in [1.54, 1.807) is 0 Å². The second-order valence-corrected chi connectivity index (χ2v) is 5.56. The number of benzene rings is 1. The fourth-order valence-corrected chi connectivity index (χ4v) is 1.76. The molecule has 1 aromatic rings. The van der Waals surface area contributed by atoms with Crippen LogP contribution in [0.4, 0.5) is 48.3 Å². The molecule has 1 aromatic carbocycles. The molecular weight excluding hydrogens is 437 g/mol. The van der Waals surface area contributed by atoms with E-state index in [1.165, 1.54) is 6.92 Å². The lowest BCUT2D eigenvalue weighted by molar-refractivity contribution is -0.419. The van der Waals surface area contributed by atoms with Gasteiger partial charge in [0.25, 0.3) is 0 Å². The Balaban J connectivity index is 3.54. The number of carboxylic acids is 1. The third kappa shape index (κ3) is 4.24. The Hall–Kier alpha value is -2.54. The maximum atomic E-state index is 14.0. The Bertz CT molecular complexity index is 780. The molecule has 164 valence electrons. The van der Waals surface area contributed by atoms with Crippen LogP contribution in [-0.4, -0.2) is 40.9 Å². The third-order valence-electron chi connectivity index (χ3n) is 3.35. The number of hydrogen-bond donors (Lipinski definition) is 1. The molecule has 0 amide bonds. The normalized spacial score (nSPS) is 14.7. The van der Waals surface area contributed by atoms with E-state index >= 15 is 0 Å². The lowest BCUT2D eigenvalue weighted by Gasteiger charge is -2.37. The summed E-state index contributed by atoms with van der Waals surface area (Å²) in [6.07, 6.45) is -8.19. The van der Waals surface area contributed by atoms with Gasteiger partial charge in [0.2, 0.25) is 0 Å². The van der Waals surface area contributed by atoms with Crippen LogP contribution >= 0.6 is 0 Å². The van der Waals surface area contributed by atoms with E-state index in [0.717, 1.165) is 24.3 Å². The summed E-state index contributed by atoms with van der Waals surface area (Å²) in [7, 11) is 0. The molecule has 0 aliphatic heterocycles. The highest BCUT2D eigenvalue weighted by Gasteiger charge is 2.88. The summed E-state index contributed by atoms with van der Waals surface area (Å²) in [5, 5.41) is 8.48. The quantitative estimate of drug-likeness (QED) is 0.345. The molecule has 0 unspecified atom stereocenters. The molecule has 0 atom stereocenters. The highest BCUT2D eigenvalue weighted by molar-refractivity contribution is 5.80. The molecule has 0 aliphatic carbocycles. The highest BCUT2D eigenvalue weighted by atomic mass is 19.4. The summed E-state index contributed by atoms with van der Waals surface area (Å²) in [6.45, 7) is 1.46. The van der Waals surface area contributed by atoms with Crippen LogP contribution in [0.15, 0.2) is 36.1 Å². The second kappa shape index (κ2) is 7.37. The number of rotatable bonds is 7. The summed E-state index contributed by atoms with van der Waals surface area (Å²) < 4.78 is 148. The van der Waals surface area contributed by atoms with Crippen LogP contribution in [0.1, 0.15) is 5.56 Å². The van der Waals surface area contributed by atoms with Gasteiger partial charge in [0.15, 0.2) is 5.76 Å². The Kier molecular flexibility index (Phi) is 6.23. The Morgan fingerprint density at radius 1 is 0.828 bits per heavy atom. The average molecular weight is 446 g/mol. The molecule has 14 heteroatoms. The van der Waals surface area contributed by atoms with Gasteiger partial charge in [0, 0.05) is 0 Å². The first-order valence-electron chi connectivity index (χ1n) is 7.06. The van der Waals surface area contributed by atoms with E-state index in [1.807, 2.05) is 0 Å². The Morgan fingerprint density at radius 3 is 1.66 bits per heavy atom. The molecular formula is C15H9F11O3. The molecule has 0 saturated carbocycles. The maximum Gasteiger partial charge on any atom is 0.460 e. The van der Waals surface area contributed by atoms with Crippen LogP contribution in [0.5, 0.6) is 5.75 Å². The number of carboxylic acid groups (broad SMARTS) is 1. The summed E-state index contributed by atoms with van der Waals surface area (Å²) in [5.74, 6) is -35.4. The van der Waals surface area contributed by atoms with Gasteiger partial charge in [0.05, 0.1) is 6.08 Å². The predicted molar refractivity (Wildman–Crippen MR) is 73.4 cm³/mol. The lowest BCUT2D eigenvalue weighted by Crippen LogP contribution is -2.67. The number of allylic oxidation sites excluding steroid dienone is 1. The van der Waals surface area contributed by atoms with E-state index in [0.29, 0.717) is 5.56 Å². The van der Waals surface area contributed by atoms with Crippen molar-refractivity contribution in [2.45, 2.75) is 36.8 Å². The van der Waals surface area contributed by atoms with Gasteiger partial charge in [0.1, 0.15) is 5.75 Å². The summed E-state index contributed by atoms with van der Waals surface area (Å²) in [6, 6.07) is 3.83. The van der Waals surface area contributed by atoms with Crippen molar-refractivity contribution in [3.05, 3.63) is 41.7 Å². The van der Waals surface area contributed by atoms with Gasteiger partial charge in [-0.3, -0.25) is 0 Å². The Labute approximate surface area is 154 Å². The lowest BCUT2D eigenvalue weighted by atomic mass is 9.96. The number of hydrogen-bond acceptors (Lipinski definition) is 2. The van der Waals surface area contributed by atoms with Gasteiger partial charge in [-0.25, -0.2) is 4.79 Å². The SMILES string of the molecule is Cc1ccc(O/C(=C/C(=O)O)C(F)(F)C(F)(F)C(F)(F)C(F)(F)C(F)(F)F)cc1. The molecule has 0 fully saturated rings. The molecule has 0 bridgehead atoms. The van der Waals surface area contributed by atoms with Crippen molar-refractivity contribution in [3.63, 3.8) is 0 Å². The predicted octanol–water partition coefficient (Wildman–Crippen LogP) is 5.45. The number of aryl methyl sites for hydroxylation is 1. The third-order valence-corrected chi connectivity index (χ3v) is 3.35. The number of ether oxygens (including phenoxy) is 1. The van der Waals surface area contributed by atoms with Crippen molar-refractivity contribution >= 4 is 5.97 Å². The van der Waals surface area contributed by atoms with Crippen molar-refractivity contribution in [2.75, 3.05) is 0 Å². The minimum Gasteiger partial charge on any atom is -0.478 e. The van der Waals surface area contributed by atoms with Crippen molar-refractivity contribution in [3.8, 4) is 5.75 Å². The van der Waals surface area contributed by atoms with E-state index in [-0.39, 0.29) is 0 Å². The van der Waals surface area contributed by atoms with E-state index in [9.17, 15) is 53.1 Å². The van der Waals surface area contributed by atoms with Gasteiger partial charge in [-0.15, -0.1) is 0 Å². The molecule has 29 heavy (non-hydrogen) atoms. The number of halogens is 11. The summed E-state index contributed by atoms with van der Waals surface area (Å²) in [4.78, 5) is 10.6. The Morgan fingerprint density at radius 2 is 1.28 bits per heavy atom. The van der Waals surface area contributed by atoms with Crippen LogP contribution in [0, 0.1) is 6.92 Å². The molecule has 0 radical (unpaired) electrons. The minimum atomic E-state index is -7.68. The van der Waals surface area contributed by atoms with Gasteiger partial charge >= 0.3 is 35.8 Å². The minimum absolute atomic E-state index is 0.453. The number of alkyl halides is 11. The molecule has 1 N–H and O–H groups in total. The largest absolute Gasteiger partial charge is 0.478 e. The average Bonchev–Trinajstić information content (AvgIpc) is 2.54. The van der Waals surface area contributed by atoms with Gasteiger partial charge < -0.3 is 9.84 Å². The molecule has 0 aliphatic rings. The van der Waals surface area contributed by atoms with Crippen LogP contribution in [0.25, 0.3) is 0 Å². The fourth-order valence-electron chi connectivity index (χ4n) is 1.76. The van der Waals surface area contributed by atoms with E-state index in [4.69, 9.17) is 5.11 Å². The monoisotopic (exact) mass is 446 g/mol. The molecule has 0 saturated heterocycles. The van der Waals surface area contributed by atoms with Crippen molar-refractivity contribution in [1.29, 1.82) is 0 Å². The summed E-state index contributed by atoms with van der Waals surface area (Å²) in [5.41, 5.74) is 0.453. The highest BCUT2D eigenvalue weighted by Crippen LogP contribution is 2.58. The van der Waals surface area contributed by atoms with Crippen molar-refractivity contribution in [2.24, 2.45) is 0 Å². The van der Waals surface area contributed by atoms with Crippen LogP contribution in [-0.2, 0) is 4.79 Å². The standard InChI is InChI=1S/C15H9F11O3/c1-7-2-4-8(5-3-7)29-9(6-10(27)28)11(16,17)12(18,19)13(20,21)14(22,23)15(24,25)26/h2-6H,1H3,(H,27,28)/b9-6+. The maximum absolute atomic E-state index is 14.0. The van der Waals surface area contributed by atoms with Crippen molar-refractivity contribution < 1.29 is 62.9 Å². The van der Waals surface area contributed by atoms with Crippen LogP contribution in [0.3, 0.4) is 0 Å². The van der Waals surface area contributed by atoms with Crippen LogP contribution in [0.2, 0.25) is 0 Å². The zero-order valence-electron chi connectivity index (χ0n) is 13.8. The first kappa shape index (κ1) is 24.5. The van der Waals surface area contributed by atoms with Crippen molar-refractivity contribution in [1.82, 2.24) is 0 Å². The molecule has 3 nitrogen and oxygen atoms in total. The molecule has 0 aromatic heterocycles. The zero-order chi connectivity index (χ0) is 23.1. The van der Waals surface area contributed by atoms with Crippen LogP contribution < -0.4 is 4.74 Å². The number of aliphatic carboxylic acids is 1. The molecule has 1 rings (SSSR count). The zero-order valence-corrected chi connectivity index (χ0v) is 13.8. The first-order valence-corrected chi connectivity index (χ1v) is 7.06. The van der Waals surface area contributed by atoms with Gasteiger partial charge in [-0.05, 0) is 19.1 Å². The van der Waals surface area contributed by atoms with E-state index in [2.05, 4.69) is 4.74 Å². The van der Waals surface area contributed by atoms with E-state index < -0.39 is 53.4 Å². The van der Waals surface area contributed by atoms with Gasteiger partial charge in [-0.1, -0.05) is 17.7 Å². The smallest absolute Gasteiger partial charge is 0.460 e. The first-order chi connectivity index (χ1) is 12.8. The molecule has 0 heterocycles.